The number of nitrogens with zero attached hydrogens (tertiary/aromatic N) is 2. The van der Waals surface area contributed by atoms with Gasteiger partial charge in [-0.1, -0.05) is 23.4 Å². The second-order valence-corrected chi connectivity index (χ2v) is 5.25. The smallest absolute Gasteiger partial charge is 0.268 e. The molecule has 0 aliphatic heterocycles. The molecule has 19 heavy (non-hydrogen) atoms. The molecule has 5 nitrogen and oxygen atoms in total. The molecule has 2 aromatic heterocycles. The highest BCUT2D eigenvalue weighted by molar-refractivity contribution is 7.22. The molecule has 1 atom stereocenters. The highest BCUT2D eigenvalue weighted by atomic mass is 32.1. The minimum atomic E-state index is -0.364. The Kier molecular flexibility index (Phi) is 3.29. The van der Waals surface area contributed by atoms with Crippen molar-refractivity contribution in [2.75, 3.05) is 13.7 Å². The first-order valence-corrected chi connectivity index (χ1v) is 6.66. The van der Waals surface area contributed by atoms with Crippen molar-refractivity contribution < 1.29 is 9.26 Å². The molecular formula is C13H13N3O2S. The molecule has 1 unspecified atom stereocenters. The van der Waals surface area contributed by atoms with Gasteiger partial charge in [-0.2, -0.15) is 4.98 Å². The van der Waals surface area contributed by atoms with Crippen molar-refractivity contribution in [1.29, 1.82) is 0 Å². The van der Waals surface area contributed by atoms with Crippen molar-refractivity contribution in [1.82, 2.24) is 10.1 Å². The summed E-state index contributed by atoms with van der Waals surface area (Å²) in [5.41, 5.74) is 5.87. The summed E-state index contributed by atoms with van der Waals surface area (Å²) in [6, 6.07) is 9.82. The van der Waals surface area contributed by atoms with Gasteiger partial charge in [0.05, 0.1) is 17.5 Å². The third kappa shape index (κ3) is 2.37. The second kappa shape index (κ2) is 5.08. The maximum absolute atomic E-state index is 5.87. The maximum Gasteiger partial charge on any atom is 0.268 e. The SMILES string of the molecule is COCC(N)c1noc(-c2cc3ccccc3s2)n1. The van der Waals surface area contributed by atoms with E-state index in [1.165, 1.54) is 10.1 Å². The van der Waals surface area contributed by atoms with Crippen molar-refractivity contribution in [2.24, 2.45) is 5.73 Å². The minimum absolute atomic E-state index is 0.364. The lowest BCUT2D eigenvalue weighted by Gasteiger charge is -2.02. The quantitative estimate of drug-likeness (QED) is 0.792. The fourth-order valence-corrected chi connectivity index (χ4v) is 2.81. The zero-order valence-corrected chi connectivity index (χ0v) is 11.2. The Morgan fingerprint density at radius 2 is 2.26 bits per heavy atom. The number of rotatable bonds is 4. The number of methoxy groups -OCH3 is 1. The summed E-state index contributed by atoms with van der Waals surface area (Å²) < 4.78 is 11.4. The van der Waals surface area contributed by atoms with Crippen molar-refractivity contribution >= 4 is 21.4 Å². The van der Waals surface area contributed by atoms with Crippen molar-refractivity contribution in [2.45, 2.75) is 6.04 Å². The van der Waals surface area contributed by atoms with Gasteiger partial charge in [0.1, 0.15) is 0 Å². The fourth-order valence-electron chi connectivity index (χ4n) is 1.83. The summed E-state index contributed by atoms with van der Waals surface area (Å²) >= 11 is 1.62. The zero-order valence-electron chi connectivity index (χ0n) is 10.4. The third-order valence-electron chi connectivity index (χ3n) is 2.76. The normalized spacial score (nSPS) is 12.9. The van der Waals surface area contributed by atoms with Crippen LogP contribution in [0.1, 0.15) is 11.9 Å². The Bertz CT molecular complexity index is 659. The van der Waals surface area contributed by atoms with Crippen LogP contribution in [0.2, 0.25) is 0 Å². The predicted octanol–water partition coefficient (Wildman–Crippen LogP) is 2.60. The standard InChI is InChI=1S/C13H13N3O2S/c1-17-7-9(14)12-15-13(18-16-12)11-6-8-4-2-3-5-10(8)19-11/h2-6,9H,7,14H2,1H3. The lowest BCUT2D eigenvalue weighted by Crippen LogP contribution is -2.17. The van der Waals surface area contributed by atoms with E-state index in [1.54, 1.807) is 18.4 Å². The molecule has 0 radical (unpaired) electrons. The van der Waals surface area contributed by atoms with Crippen LogP contribution in [0.4, 0.5) is 0 Å². The number of fused-ring (bicyclic) bond motifs is 1. The first-order valence-electron chi connectivity index (χ1n) is 5.85. The highest BCUT2D eigenvalue weighted by Gasteiger charge is 2.16. The van der Waals surface area contributed by atoms with Crippen LogP contribution in [0.3, 0.4) is 0 Å². The summed E-state index contributed by atoms with van der Waals surface area (Å²) in [7, 11) is 1.59. The van der Waals surface area contributed by atoms with Crippen LogP contribution in [0.25, 0.3) is 20.9 Å². The van der Waals surface area contributed by atoms with Gasteiger partial charge < -0.3 is 15.0 Å². The number of benzene rings is 1. The van der Waals surface area contributed by atoms with E-state index in [1.807, 2.05) is 18.2 Å². The van der Waals surface area contributed by atoms with Gasteiger partial charge >= 0.3 is 0 Å². The molecule has 0 spiro atoms. The maximum atomic E-state index is 5.87. The Hall–Kier alpha value is -1.76. The molecule has 0 fully saturated rings. The van der Waals surface area contributed by atoms with Gasteiger partial charge in [-0.15, -0.1) is 11.3 Å². The summed E-state index contributed by atoms with van der Waals surface area (Å²) in [6.45, 7) is 0.366. The zero-order chi connectivity index (χ0) is 13.2. The van der Waals surface area contributed by atoms with E-state index in [2.05, 4.69) is 22.3 Å². The Morgan fingerprint density at radius 3 is 3.05 bits per heavy atom. The molecule has 0 aliphatic rings. The molecule has 1 aromatic carbocycles. The van der Waals surface area contributed by atoms with Gasteiger partial charge in [0, 0.05) is 11.8 Å². The fraction of sp³-hybridized carbons (Fsp3) is 0.231. The largest absolute Gasteiger partial charge is 0.383 e. The number of nitrogens with two attached hydrogens (primary N) is 1. The lowest BCUT2D eigenvalue weighted by molar-refractivity contribution is 0.177. The number of hydrogen-bond donors (Lipinski definition) is 1. The van der Waals surface area contributed by atoms with Gasteiger partial charge in [0.2, 0.25) is 0 Å². The molecule has 0 aliphatic carbocycles. The van der Waals surface area contributed by atoms with Crippen LogP contribution in [0.5, 0.6) is 0 Å². The average Bonchev–Trinajstić information content (AvgIpc) is 3.05. The molecule has 2 heterocycles. The van der Waals surface area contributed by atoms with Gasteiger partial charge in [-0.3, -0.25) is 0 Å². The van der Waals surface area contributed by atoms with Crippen LogP contribution in [-0.4, -0.2) is 23.9 Å². The number of thiophene rings is 1. The van der Waals surface area contributed by atoms with E-state index >= 15 is 0 Å². The molecule has 98 valence electrons. The molecule has 0 bridgehead atoms. The molecule has 3 aromatic rings. The summed E-state index contributed by atoms with van der Waals surface area (Å²) in [6.07, 6.45) is 0. The molecular weight excluding hydrogens is 262 g/mol. The first kappa shape index (κ1) is 12.3. The van der Waals surface area contributed by atoms with Crippen LogP contribution in [-0.2, 0) is 4.74 Å². The van der Waals surface area contributed by atoms with E-state index in [0.717, 1.165) is 4.88 Å². The number of aromatic nitrogens is 2. The molecule has 3 rings (SSSR count). The predicted molar refractivity (Wildman–Crippen MR) is 73.9 cm³/mol. The summed E-state index contributed by atoms with van der Waals surface area (Å²) in [5, 5.41) is 5.07. The molecule has 6 heteroatoms. The van der Waals surface area contributed by atoms with Gasteiger partial charge in [-0.25, -0.2) is 0 Å². The molecule has 0 amide bonds. The number of ether oxygens (including phenoxy) is 1. The van der Waals surface area contributed by atoms with Gasteiger partial charge in [-0.05, 0) is 17.5 Å². The van der Waals surface area contributed by atoms with Crippen molar-refractivity contribution in [3.8, 4) is 10.8 Å². The van der Waals surface area contributed by atoms with E-state index in [0.29, 0.717) is 18.3 Å². The Labute approximate surface area is 114 Å². The first-order chi connectivity index (χ1) is 9.28. The number of hydrogen-bond acceptors (Lipinski definition) is 6. The topological polar surface area (TPSA) is 74.2 Å². The van der Waals surface area contributed by atoms with Gasteiger partial charge in [0.15, 0.2) is 5.82 Å². The highest BCUT2D eigenvalue weighted by Crippen LogP contribution is 2.32. The van der Waals surface area contributed by atoms with Crippen LogP contribution < -0.4 is 5.73 Å². The minimum Gasteiger partial charge on any atom is -0.383 e. The van der Waals surface area contributed by atoms with E-state index < -0.39 is 0 Å². The Morgan fingerprint density at radius 1 is 1.42 bits per heavy atom. The van der Waals surface area contributed by atoms with Gasteiger partial charge in [0.25, 0.3) is 5.89 Å². The van der Waals surface area contributed by atoms with E-state index in [9.17, 15) is 0 Å². The molecule has 0 saturated heterocycles. The second-order valence-electron chi connectivity index (χ2n) is 4.17. The molecule has 0 saturated carbocycles. The summed E-state index contributed by atoms with van der Waals surface area (Å²) in [4.78, 5) is 5.27. The van der Waals surface area contributed by atoms with Crippen LogP contribution >= 0.6 is 11.3 Å². The van der Waals surface area contributed by atoms with Crippen LogP contribution in [0.15, 0.2) is 34.9 Å². The van der Waals surface area contributed by atoms with Crippen LogP contribution in [0, 0.1) is 0 Å². The molecule has 2 N–H and O–H groups in total. The van der Waals surface area contributed by atoms with E-state index in [4.69, 9.17) is 15.0 Å². The van der Waals surface area contributed by atoms with Crippen molar-refractivity contribution in [3.05, 3.63) is 36.2 Å². The summed E-state index contributed by atoms with van der Waals surface area (Å²) in [5.74, 6) is 0.969. The van der Waals surface area contributed by atoms with Crippen molar-refractivity contribution in [3.63, 3.8) is 0 Å². The Balaban J connectivity index is 1.93. The van der Waals surface area contributed by atoms with E-state index in [-0.39, 0.29) is 6.04 Å². The third-order valence-corrected chi connectivity index (χ3v) is 3.86. The monoisotopic (exact) mass is 275 g/mol. The average molecular weight is 275 g/mol. The lowest BCUT2D eigenvalue weighted by atomic mass is 10.2.